The van der Waals surface area contributed by atoms with Gasteiger partial charge in [0.1, 0.15) is 18.1 Å². The zero-order valence-corrected chi connectivity index (χ0v) is 16.2. The average molecular weight is 449 g/mol. The maximum Gasteiger partial charge on any atom is 0.431 e. The summed E-state index contributed by atoms with van der Waals surface area (Å²) in [6.07, 6.45) is -4.96. The van der Waals surface area contributed by atoms with Crippen LogP contribution in [0.1, 0.15) is 12.6 Å². The smallest absolute Gasteiger partial charge is 0.431 e. The van der Waals surface area contributed by atoms with Gasteiger partial charge >= 0.3 is 17.8 Å². The fourth-order valence-electron chi connectivity index (χ4n) is 2.30. The standard InChI is InChI=1S/C17H13ClF4N4O4/c1-3-30-15(28)7-23-8-24-11-5-12(10(19)4-9(11)18)26-14(27)6-13(17(20,21)22)25(2)16(26)29/h4-6H,3,7H2,1-2H3. The highest BCUT2D eigenvalue weighted by Gasteiger charge is 2.35. The second kappa shape index (κ2) is 9.06. The second-order valence-electron chi connectivity index (χ2n) is 5.63. The number of esters is 1. The highest BCUT2D eigenvalue weighted by atomic mass is 35.5. The molecule has 0 fully saturated rings. The Balaban J connectivity index is 2.57. The van der Waals surface area contributed by atoms with Crippen molar-refractivity contribution < 1.29 is 27.1 Å². The van der Waals surface area contributed by atoms with Gasteiger partial charge in [0.2, 0.25) is 0 Å². The molecule has 0 N–H and O–H groups in total. The van der Waals surface area contributed by atoms with E-state index in [4.69, 9.17) is 11.6 Å². The van der Waals surface area contributed by atoms with Crippen LogP contribution in [0.15, 0.2) is 37.8 Å². The van der Waals surface area contributed by atoms with E-state index in [1.165, 1.54) is 0 Å². The first-order valence-electron chi connectivity index (χ1n) is 8.15. The van der Waals surface area contributed by atoms with Gasteiger partial charge in [0, 0.05) is 13.1 Å². The van der Waals surface area contributed by atoms with E-state index in [-0.39, 0.29) is 32.5 Å². The number of nitrogens with zero attached hydrogens (tertiary/aromatic N) is 4. The lowest BCUT2D eigenvalue weighted by atomic mass is 10.2. The molecule has 0 spiro atoms. The van der Waals surface area contributed by atoms with Gasteiger partial charge in [-0.2, -0.15) is 18.2 Å². The van der Waals surface area contributed by atoms with E-state index in [0.717, 1.165) is 13.1 Å². The van der Waals surface area contributed by atoms with Gasteiger partial charge < -0.3 is 4.74 Å². The molecule has 1 aromatic heterocycles. The number of ether oxygens (including phenoxy) is 1. The molecule has 0 unspecified atom stereocenters. The molecule has 1 aromatic carbocycles. The normalized spacial score (nSPS) is 11.0. The van der Waals surface area contributed by atoms with Crippen LogP contribution in [-0.2, 0) is 22.8 Å². The van der Waals surface area contributed by atoms with Crippen LogP contribution in [0.25, 0.3) is 5.69 Å². The summed E-state index contributed by atoms with van der Waals surface area (Å²) in [5.41, 5.74) is -5.20. The number of alkyl halides is 3. The van der Waals surface area contributed by atoms with Crippen LogP contribution in [-0.4, -0.2) is 34.3 Å². The van der Waals surface area contributed by atoms with Crippen LogP contribution in [0, 0.1) is 5.82 Å². The molecule has 0 aliphatic carbocycles. The Kier molecular flexibility index (Phi) is 6.96. The average Bonchev–Trinajstić information content (AvgIpc) is 2.64. The lowest BCUT2D eigenvalue weighted by Crippen LogP contribution is -2.41. The highest BCUT2D eigenvalue weighted by molar-refractivity contribution is 6.33. The van der Waals surface area contributed by atoms with Crippen molar-refractivity contribution in [3.63, 3.8) is 0 Å². The molecular weight excluding hydrogens is 436 g/mol. The molecule has 0 bridgehead atoms. The molecule has 30 heavy (non-hydrogen) atoms. The second-order valence-corrected chi connectivity index (χ2v) is 6.04. The summed E-state index contributed by atoms with van der Waals surface area (Å²) in [6.45, 7) is 1.35. The maximum atomic E-state index is 14.4. The molecule has 13 heteroatoms. The minimum absolute atomic E-state index is 0.148. The van der Waals surface area contributed by atoms with Crippen molar-refractivity contribution in [2.24, 2.45) is 17.0 Å². The monoisotopic (exact) mass is 448 g/mol. The third kappa shape index (κ3) is 5.02. The summed E-state index contributed by atoms with van der Waals surface area (Å²) >= 11 is 5.85. The summed E-state index contributed by atoms with van der Waals surface area (Å²) in [5.74, 6) is -1.80. The number of carbonyl (C=O) groups is 1. The van der Waals surface area contributed by atoms with Gasteiger partial charge in [-0.1, -0.05) is 11.6 Å². The first-order chi connectivity index (χ1) is 14.0. The number of benzene rings is 1. The SMILES string of the molecule is CCOC(=O)CN=C=Nc1cc(-n2c(=O)cc(C(F)(F)F)n(C)c2=O)c(F)cc1Cl. The molecule has 0 saturated heterocycles. The number of hydrogen-bond donors (Lipinski definition) is 0. The molecule has 0 aliphatic heterocycles. The predicted molar refractivity (Wildman–Crippen MR) is 98.3 cm³/mol. The first kappa shape index (κ1) is 23.0. The van der Waals surface area contributed by atoms with Gasteiger partial charge in [0.25, 0.3) is 5.56 Å². The summed E-state index contributed by atoms with van der Waals surface area (Å²) in [4.78, 5) is 42.8. The minimum atomic E-state index is -4.96. The predicted octanol–water partition coefficient (Wildman–Crippen LogP) is 2.72. The van der Waals surface area contributed by atoms with Crippen LogP contribution in [0.2, 0.25) is 5.02 Å². The Bertz CT molecular complexity index is 1160. The van der Waals surface area contributed by atoms with Gasteiger partial charge in [-0.25, -0.2) is 18.7 Å². The highest BCUT2D eigenvalue weighted by Crippen LogP contribution is 2.30. The number of aromatic nitrogens is 2. The van der Waals surface area contributed by atoms with E-state index >= 15 is 0 Å². The lowest BCUT2D eigenvalue weighted by molar-refractivity contribution is -0.144. The van der Waals surface area contributed by atoms with Crippen LogP contribution in [0.4, 0.5) is 23.2 Å². The van der Waals surface area contributed by atoms with E-state index in [2.05, 4.69) is 20.7 Å². The first-order valence-corrected chi connectivity index (χ1v) is 8.52. The van der Waals surface area contributed by atoms with Gasteiger partial charge in [-0.3, -0.25) is 14.2 Å². The van der Waals surface area contributed by atoms with Crippen LogP contribution >= 0.6 is 11.6 Å². The Morgan fingerprint density at radius 3 is 2.53 bits per heavy atom. The zero-order chi connectivity index (χ0) is 22.6. The zero-order valence-electron chi connectivity index (χ0n) is 15.5. The van der Waals surface area contributed by atoms with Gasteiger partial charge in [0.05, 0.1) is 29.0 Å². The van der Waals surface area contributed by atoms with E-state index in [9.17, 15) is 31.9 Å². The van der Waals surface area contributed by atoms with E-state index in [1.807, 2.05) is 0 Å². The molecule has 1 heterocycles. The topological polar surface area (TPSA) is 95.0 Å². The number of aliphatic imine (C=N–C) groups is 2. The van der Waals surface area contributed by atoms with E-state index in [0.29, 0.717) is 6.07 Å². The van der Waals surface area contributed by atoms with Crippen molar-refractivity contribution in [1.29, 1.82) is 0 Å². The summed E-state index contributed by atoms with van der Waals surface area (Å²) in [6, 6.07) is 3.86. The molecule has 2 aromatic rings. The molecule has 2 rings (SSSR count). The van der Waals surface area contributed by atoms with Gasteiger partial charge in [0.15, 0.2) is 0 Å². The van der Waals surface area contributed by atoms with Crippen molar-refractivity contribution in [2.75, 3.05) is 13.2 Å². The van der Waals surface area contributed by atoms with Crippen molar-refractivity contribution in [3.05, 3.63) is 55.6 Å². The third-order valence-corrected chi connectivity index (χ3v) is 3.93. The van der Waals surface area contributed by atoms with Gasteiger partial charge in [-0.05, 0) is 19.1 Å². The summed E-state index contributed by atoms with van der Waals surface area (Å²) in [5, 5.41) is -0.258. The minimum Gasteiger partial charge on any atom is -0.465 e. The van der Waals surface area contributed by atoms with E-state index < -0.39 is 47.1 Å². The number of halogens is 5. The van der Waals surface area contributed by atoms with E-state index in [1.54, 1.807) is 6.92 Å². The molecular formula is C17H13ClF4N4O4. The molecule has 0 radical (unpaired) electrons. The molecule has 0 aliphatic rings. The van der Waals surface area contributed by atoms with Crippen LogP contribution < -0.4 is 11.2 Å². The van der Waals surface area contributed by atoms with Crippen LogP contribution in [0.5, 0.6) is 0 Å². The maximum absolute atomic E-state index is 14.4. The third-order valence-electron chi connectivity index (χ3n) is 3.62. The van der Waals surface area contributed by atoms with Gasteiger partial charge in [-0.15, -0.1) is 0 Å². The summed E-state index contributed by atoms with van der Waals surface area (Å²) < 4.78 is 58.2. The molecule has 0 amide bonds. The largest absolute Gasteiger partial charge is 0.465 e. The fraction of sp³-hybridized carbons (Fsp3) is 0.294. The molecule has 0 saturated carbocycles. The fourth-order valence-corrected chi connectivity index (χ4v) is 2.49. The lowest BCUT2D eigenvalue weighted by Gasteiger charge is -2.14. The quantitative estimate of drug-likeness (QED) is 0.399. The Morgan fingerprint density at radius 1 is 1.27 bits per heavy atom. The Labute approximate surface area is 170 Å². The summed E-state index contributed by atoms with van der Waals surface area (Å²) in [7, 11) is 0.788. The Hall–Kier alpha value is -3.24. The molecule has 8 nitrogen and oxygen atoms in total. The van der Waals surface area contributed by atoms with Crippen molar-refractivity contribution in [3.8, 4) is 5.69 Å². The van der Waals surface area contributed by atoms with Crippen molar-refractivity contribution in [1.82, 2.24) is 9.13 Å². The van der Waals surface area contributed by atoms with Crippen LogP contribution in [0.3, 0.4) is 0 Å². The molecule has 160 valence electrons. The number of hydrogen-bond acceptors (Lipinski definition) is 6. The Morgan fingerprint density at radius 2 is 1.93 bits per heavy atom. The van der Waals surface area contributed by atoms with Crippen molar-refractivity contribution >= 4 is 29.3 Å². The number of rotatable bonds is 5. The molecule has 0 atom stereocenters. The number of carbonyl (C=O) groups excluding carboxylic acids is 1. The van der Waals surface area contributed by atoms with Crippen molar-refractivity contribution in [2.45, 2.75) is 13.1 Å².